The lowest BCUT2D eigenvalue weighted by molar-refractivity contribution is -0.117. The maximum atomic E-state index is 12.4. The molecule has 0 bridgehead atoms. The summed E-state index contributed by atoms with van der Waals surface area (Å²) in [5, 5.41) is 6.32. The van der Waals surface area contributed by atoms with E-state index >= 15 is 0 Å². The Labute approximate surface area is 119 Å². The third-order valence-corrected chi connectivity index (χ3v) is 4.13. The third kappa shape index (κ3) is 2.48. The van der Waals surface area contributed by atoms with Crippen molar-refractivity contribution in [3.63, 3.8) is 0 Å². The molecule has 1 aliphatic heterocycles. The molecule has 20 heavy (non-hydrogen) atoms. The van der Waals surface area contributed by atoms with Crippen LogP contribution >= 0.6 is 0 Å². The largest absolute Gasteiger partial charge is 0.360 e. The van der Waals surface area contributed by atoms with E-state index in [0.29, 0.717) is 11.6 Å². The van der Waals surface area contributed by atoms with Gasteiger partial charge in [-0.05, 0) is 24.5 Å². The van der Waals surface area contributed by atoms with Crippen molar-refractivity contribution in [1.29, 1.82) is 0 Å². The average Bonchev–Trinajstić information content (AvgIpc) is 2.49. The van der Waals surface area contributed by atoms with Crippen LogP contribution in [0.3, 0.4) is 0 Å². The lowest BCUT2D eigenvalue weighted by Gasteiger charge is -2.25. The topological polar surface area (TPSA) is 41.1 Å². The summed E-state index contributed by atoms with van der Waals surface area (Å²) in [7, 11) is 0. The minimum atomic E-state index is -0.0103. The Morgan fingerprint density at radius 1 is 1.20 bits per heavy atom. The molecule has 2 N–H and O–H groups in total. The third-order valence-electron chi connectivity index (χ3n) is 4.13. The minimum absolute atomic E-state index is 0.0103. The zero-order chi connectivity index (χ0) is 13.9. The van der Waals surface area contributed by atoms with Crippen molar-refractivity contribution in [2.75, 3.05) is 5.32 Å². The number of para-hydroxylation sites is 1. The number of fused-ring (bicyclic) bond motifs is 1. The van der Waals surface area contributed by atoms with Crippen LogP contribution in [0.5, 0.6) is 0 Å². The molecule has 0 unspecified atom stereocenters. The summed E-state index contributed by atoms with van der Waals surface area (Å²) in [5.74, 6) is -0.0103. The molecule has 3 rings (SSSR count). The number of carbonyl (C=O) groups is 1. The van der Waals surface area contributed by atoms with Gasteiger partial charge in [-0.15, -0.1) is 0 Å². The lowest BCUT2D eigenvalue weighted by Crippen LogP contribution is -2.37. The lowest BCUT2D eigenvalue weighted by atomic mass is 9.93. The van der Waals surface area contributed by atoms with Gasteiger partial charge < -0.3 is 10.6 Å². The molecule has 0 aromatic heterocycles. The molecule has 3 nitrogen and oxygen atoms in total. The first-order valence-corrected chi connectivity index (χ1v) is 7.32. The van der Waals surface area contributed by atoms with Gasteiger partial charge in [0.2, 0.25) is 0 Å². The quantitative estimate of drug-likeness (QED) is 0.862. The van der Waals surface area contributed by atoms with Crippen molar-refractivity contribution < 1.29 is 4.79 Å². The van der Waals surface area contributed by atoms with Crippen LogP contribution in [-0.4, -0.2) is 11.9 Å². The molecule has 1 aromatic rings. The molecule has 1 saturated carbocycles. The van der Waals surface area contributed by atoms with E-state index in [1.165, 1.54) is 19.3 Å². The molecule has 2 aliphatic rings. The Morgan fingerprint density at radius 3 is 2.75 bits per heavy atom. The molecule has 0 spiro atoms. The number of nitrogens with one attached hydrogen (secondary N) is 2. The monoisotopic (exact) mass is 268 g/mol. The van der Waals surface area contributed by atoms with Crippen LogP contribution < -0.4 is 10.6 Å². The van der Waals surface area contributed by atoms with Gasteiger partial charge in [0.1, 0.15) is 0 Å². The second-order valence-corrected chi connectivity index (χ2v) is 5.53. The molecule has 104 valence electrons. The van der Waals surface area contributed by atoms with Gasteiger partial charge in [-0.25, -0.2) is 0 Å². The summed E-state index contributed by atoms with van der Waals surface area (Å²) in [5.41, 5.74) is 3.46. The number of hydrogen-bond acceptors (Lipinski definition) is 2. The zero-order valence-corrected chi connectivity index (χ0v) is 11.6. The van der Waals surface area contributed by atoms with Gasteiger partial charge in [0.15, 0.2) is 0 Å². The van der Waals surface area contributed by atoms with Gasteiger partial charge >= 0.3 is 0 Å². The second kappa shape index (κ2) is 5.53. The van der Waals surface area contributed by atoms with E-state index in [-0.39, 0.29) is 5.91 Å². The van der Waals surface area contributed by atoms with Crippen LogP contribution in [0.15, 0.2) is 42.6 Å². The van der Waals surface area contributed by atoms with E-state index in [1.54, 1.807) is 6.20 Å². The number of benzene rings is 1. The normalized spacial score (nSPS) is 18.8. The van der Waals surface area contributed by atoms with E-state index in [0.717, 1.165) is 29.7 Å². The summed E-state index contributed by atoms with van der Waals surface area (Å²) < 4.78 is 0. The first-order valence-electron chi connectivity index (χ1n) is 7.32. The molecule has 1 aromatic carbocycles. The van der Waals surface area contributed by atoms with Crippen LogP contribution in [0.25, 0.3) is 5.57 Å². The molecular weight excluding hydrogens is 248 g/mol. The summed E-state index contributed by atoms with van der Waals surface area (Å²) in [6.45, 7) is 4.08. The standard InChI is InChI=1S/C17H20N2O/c1-12-14-9-5-6-10-16(14)18-11-15(12)17(20)19-13-7-3-2-4-8-13/h5-6,9-11,13,18H,1-4,7-8H2,(H,19,20). The molecule has 0 atom stereocenters. The van der Waals surface area contributed by atoms with Gasteiger partial charge in [0.05, 0.1) is 5.57 Å². The Bertz CT molecular complexity index is 568. The van der Waals surface area contributed by atoms with E-state index in [1.807, 2.05) is 24.3 Å². The number of carbonyl (C=O) groups excluding carboxylic acids is 1. The maximum absolute atomic E-state index is 12.4. The van der Waals surface area contributed by atoms with Crippen molar-refractivity contribution in [3.05, 3.63) is 48.2 Å². The van der Waals surface area contributed by atoms with Crippen LogP contribution in [0, 0.1) is 0 Å². The van der Waals surface area contributed by atoms with E-state index < -0.39 is 0 Å². The Hall–Kier alpha value is -2.03. The van der Waals surface area contributed by atoms with Gasteiger partial charge in [-0.3, -0.25) is 4.79 Å². The maximum Gasteiger partial charge on any atom is 0.253 e. The predicted molar refractivity (Wildman–Crippen MR) is 82.2 cm³/mol. The predicted octanol–water partition coefficient (Wildman–Crippen LogP) is 3.46. The highest BCUT2D eigenvalue weighted by atomic mass is 16.1. The highest BCUT2D eigenvalue weighted by Gasteiger charge is 2.23. The number of hydrogen-bond donors (Lipinski definition) is 2. The highest BCUT2D eigenvalue weighted by molar-refractivity contribution is 6.11. The molecular formula is C17H20N2O. The fraction of sp³-hybridized carbons (Fsp3) is 0.353. The van der Waals surface area contributed by atoms with Crippen LogP contribution in [0.1, 0.15) is 37.7 Å². The molecule has 0 radical (unpaired) electrons. The summed E-state index contributed by atoms with van der Waals surface area (Å²) in [6, 6.07) is 8.24. The fourth-order valence-corrected chi connectivity index (χ4v) is 2.97. The smallest absolute Gasteiger partial charge is 0.253 e. The van der Waals surface area contributed by atoms with Gasteiger partial charge in [-0.2, -0.15) is 0 Å². The molecule has 1 fully saturated rings. The Kier molecular flexibility index (Phi) is 3.59. The molecule has 3 heteroatoms. The van der Waals surface area contributed by atoms with Crippen molar-refractivity contribution in [2.45, 2.75) is 38.1 Å². The SMILES string of the molecule is C=C1C(C(=O)NC2CCCCC2)=CNc2ccccc21. The van der Waals surface area contributed by atoms with E-state index in [9.17, 15) is 4.79 Å². The average molecular weight is 268 g/mol. The van der Waals surface area contributed by atoms with Crippen LogP contribution in [-0.2, 0) is 4.79 Å². The molecule has 1 amide bonds. The van der Waals surface area contributed by atoms with Crippen molar-refractivity contribution in [2.24, 2.45) is 0 Å². The second-order valence-electron chi connectivity index (χ2n) is 5.53. The minimum Gasteiger partial charge on any atom is -0.360 e. The first kappa shape index (κ1) is 13.0. The van der Waals surface area contributed by atoms with Gasteiger partial charge in [0, 0.05) is 23.5 Å². The summed E-state index contributed by atoms with van der Waals surface area (Å²) in [6.07, 6.45) is 7.67. The fourth-order valence-electron chi connectivity index (χ4n) is 2.97. The Balaban J connectivity index is 1.73. The van der Waals surface area contributed by atoms with Crippen LogP contribution in [0.4, 0.5) is 5.69 Å². The van der Waals surface area contributed by atoms with Gasteiger partial charge in [0.25, 0.3) is 5.91 Å². The van der Waals surface area contributed by atoms with Crippen molar-refractivity contribution in [3.8, 4) is 0 Å². The highest BCUT2D eigenvalue weighted by Crippen LogP contribution is 2.32. The Morgan fingerprint density at radius 2 is 1.95 bits per heavy atom. The van der Waals surface area contributed by atoms with Crippen molar-refractivity contribution in [1.82, 2.24) is 5.32 Å². The van der Waals surface area contributed by atoms with Gasteiger partial charge in [-0.1, -0.05) is 44.0 Å². The first-order chi connectivity index (χ1) is 9.75. The molecule has 1 heterocycles. The van der Waals surface area contributed by atoms with E-state index in [4.69, 9.17) is 0 Å². The molecule has 1 aliphatic carbocycles. The summed E-state index contributed by atoms with van der Waals surface area (Å²) >= 11 is 0. The van der Waals surface area contributed by atoms with E-state index in [2.05, 4.69) is 17.2 Å². The van der Waals surface area contributed by atoms with Crippen LogP contribution in [0.2, 0.25) is 0 Å². The van der Waals surface area contributed by atoms with Crippen molar-refractivity contribution >= 4 is 17.2 Å². The molecule has 0 saturated heterocycles. The zero-order valence-electron chi connectivity index (χ0n) is 11.6. The number of rotatable bonds is 2. The number of amides is 1. The summed E-state index contributed by atoms with van der Waals surface area (Å²) in [4.78, 5) is 12.4. The number of anilines is 1.